The molecular weight excluding hydrogens is 403 g/mol. The van der Waals surface area contributed by atoms with E-state index in [2.05, 4.69) is 5.32 Å². The lowest BCUT2D eigenvalue weighted by atomic mass is 9.93. The van der Waals surface area contributed by atoms with Crippen molar-refractivity contribution in [3.8, 4) is 0 Å². The fourth-order valence-corrected chi connectivity index (χ4v) is 3.50. The number of carboxylic acids is 2. The number of hydrogen-bond acceptors (Lipinski definition) is 5. The van der Waals surface area contributed by atoms with E-state index in [1.807, 2.05) is 0 Å². The predicted octanol–water partition coefficient (Wildman–Crippen LogP) is 2.30. The van der Waals surface area contributed by atoms with Crippen molar-refractivity contribution in [1.82, 2.24) is 5.32 Å². The number of nitrogens with one attached hydrogen (secondary N) is 1. The molecule has 0 radical (unpaired) electrons. The van der Waals surface area contributed by atoms with Gasteiger partial charge in [0.25, 0.3) is 0 Å². The number of rotatable bonds is 10. The molecule has 0 aliphatic rings. The monoisotopic (exact) mass is 421 g/mol. The second-order valence-electron chi connectivity index (χ2n) is 5.83. The first kappa shape index (κ1) is 23.5. The molecule has 0 bridgehead atoms. The van der Waals surface area contributed by atoms with Crippen LogP contribution in [0.2, 0.25) is 0 Å². The van der Waals surface area contributed by atoms with Gasteiger partial charge in [-0.3, -0.25) is 14.4 Å². The number of alkyl halides is 3. The van der Waals surface area contributed by atoms with Crippen molar-refractivity contribution in [1.29, 1.82) is 0 Å². The number of amides is 1. The standard InChI is InChI=1S/C17H18F3NO6S/c1-9(22)21-13(16(26)27)8-28-7-10(6-14(23)24)15(25)11-4-2-3-5-12(11)17(18,19)20/h2-5,10,13H,6-8H2,1H3,(H,21,22)(H,23,24)(H,26,27)/t10?,13-/m0/s1. The molecule has 11 heteroatoms. The topological polar surface area (TPSA) is 121 Å². The van der Waals surface area contributed by atoms with Crippen LogP contribution in [0, 0.1) is 5.92 Å². The van der Waals surface area contributed by atoms with Gasteiger partial charge in [0.15, 0.2) is 5.78 Å². The summed E-state index contributed by atoms with van der Waals surface area (Å²) in [6.45, 7) is 1.12. The van der Waals surface area contributed by atoms with Crippen LogP contribution < -0.4 is 5.32 Å². The van der Waals surface area contributed by atoms with E-state index in [4.69, 9.17) is 10.2 Å². The van der Waals surface area contributed by atoms with Gasteiger partial charge >= 0.3 is 18.1 Å². The summed E-state index contributed by atoms with van der Waals surface area (Å²) in [5, 5.41) is 20.2. The SMILES string of the molecule is CC(=O)N[C@@H](CSCC(CC(=O)O)C(=O)c1ccccc1C(F)(F)F)C(=O)O. The van der Waals surface area contributed by atoms with Gasteiger partial charge in [-0.1, -0.05) is 18.2 Å². The minimum Gasteiger partial charge on any atom is -0.481 e. The molecule has 0 aliphatic heterocycles. The van der Waals surface area contributed by atoms with Crippen molar-refractivity contribution >= 4 is 35.4 Å². The predicted molar refractivity (Wildman–Crippen MR) is 94.1 cm³/mol. The van der Waals surface area contributed by atoms with Crippen LogP contribution in [0.3, 0.4) is 0 Å². The maximum absolute atomic E-state index is 13.1. The first-order valence-electron chi connectivity index (χ1n) is 7.93. The number of benzene rings is 1. The number of carboxylic acid groups (broad SMARTS) is 2. The molecule has 1 unspecified atom stereocenters. The van der Waals surface area contributed by atoms with Gasteiger partial charge in [-0.25, -0.2) is 4.79 Å². The lowest BCUT2D eigenvalue weighted by molar-refractivity contribution is -0.141. The number of ketones is 1. The Labute approximate surface area is 162 Å². The third-order valence-corrected chi connectivity index (χ3v) is 4.78. The van der Waals surface area contributed by atoms with Crippen LogP contribution in [0.4, 0.5) is 13.2 Å². The van der Waals surface area contributed by atoms with Crippen molar-refractivity contribution < 1.29 is 42.6 Å². The largest absolute Gasteiger partial charge is 0.481 e. The molecule has 1 aromatic rings. The van der Waals surface area contributed by atoms with E-state index in [1.54, 1.807) is 0 Å². The molecule has 0 heterocycles. The molecule has 0 saturated heterocycles. The highest BCUT2D eigenvalue weighted by Crippen LogP contribution is 2.33. The van der Waals surface area contributed by atoms with Crippen LogP contribution in [0.25, 0.3) is 0 Å². The average molecular weight is 421 g/mol. The number of Topliss-reactive ketones (excluding diaryl/α,β-unsaturated/α-hetero) is 1. The van der Waals surface area contributed by atoms with Crippen molar-refractivity contribution in [2.45, 2.75) is 25.6 Å². The fourth-order valence-electron chi connectivity index (χ4n) is 2.35. The Morgan fingerprint density at radius 2 is 1.71 bits per heavy atom. The van der Waals surface area contributed by atoms with Crippen LogP contribution in [-0.2, 0) is 20.6 Å². The van der Waals surface area contributed by atoms with Gasteiger partial charge in [0, 0.05) is 29.9 Å². The lowest BCUT2D eigenvalue weighted by Gasteiger charge is -2.18. The number of thioether (sulfide) groups is 1. The third-order valence-electron chi connectivity index (χ3n) is 3.57. The Bertz CT molecular complexity index is 753. The summed E-state index contributed by atoms with van der Waals surface area (Å²) in [5.74, 6) is -5.98. The Morgan fingerprint density at radius 3 is 2.21 bits per heavy atom. The molecule has 0 spiro atoms. The van der Waals surface area contributed by atoms with Crippen LogP contribution in [0.15, 0.2) is 24.3 Å². The van der Waals surface area contributed by atoms with Gasteiger partial charge in [0.05, 0.1) is 12.0 Å². The molecule has 1 amide bonds. The molecule has 3 N–H and O–H groups in total. The molecule has 1 aromatic carbocycles. The minimum atomic E-state index is -4.78. The van der Waals surface area contributed by atoms with Crippen molar-refractivity contribution in [2.24, 2.45) is 5.92 Å². The van der Waals surface area contributed by atoms with Crippen molar-refractivity contribution in [3.63, 3.8) is 0 Å². The molecule has 0 aliphatic carbocycles. The number of carbonyl (C=O) groups is 4. The number of halogens is 3. The second kappa shape index (κ2) is 10.1. The first-order valence-corrected chi connectivity index (χ1v) is 9.08. The highest BCUT2D eigenvalue weighted by Gasteiger charge is 2.36. The molecule has 1 rings (SSSR count). The van der Waals surface area contributed by atoms with E-state index in [0.29, 0.717) is 0 Å². The van der Waals surface area contributed by atoms with Crippen LogP contribution in [0.5, 0.6) is 0 Å². The normalized spacial score (nSPS) is 13.4. The van der Waals surface area contributed by atoms with Gasteiger partial charge in [0.1, 0.15) is 6.04 Å². The summed E-state index contributed by atoms with van der Waals surface area (Å²) in [6, 6.07) is 2.79. The Morgan fingerprint density at radius 1 is 1.11 bits per heavy atom. The highest BCUT2D eigenvalue weighted by molar-refractivity contribution is 7.99. The van der Waals surface area contributed by atoms with Gasteiger partial charge in [0.2, 0.25) is 5.91 Å². The second-order valence-corrected chi connectivity index (χ2v) is 6.91. The Balaban J connectivity index is 2.97. The zero-order chi connectivity index (χ0) is 21.5. The fraction of sp³-hybridized carbons (Fsp3) is 0.412. The summed E-state index contributed by atoms with van der Waals surface area (Å²) in [6.07, 6.45) is -5.50. The van der Waals surface area contributed by atoms with Crippen LogP contribution in [-0.4, -0.2) is 51.4 Å². The van der Waals surface area contributed by atoms with E-state index in [0.717, 1.165) is 36.9 Å². The van der Waals surface area contributed by atoms with Gasteiger partial charge in [-0.2, -0.15) is 24.9 Å². The number of carbonyl (C=O) groups excluding carboxylic acids is 2. The summed E-state index contributed by atoms with van der Waals surface area (Å²) >= 11 is 0.857. The minimum absolute atomic E-state index is 0.181. The summed E-state index contributed by atoms with van der Waals surface area (Å²) in [4.78, 5) is 45.7. The van der Waals surface area contributed by atoms with Crippen LogP contribution in [0.1, 0.15) is 29.3 Å². The van der Waals surface area contributed by atoms with E-state index in [-0.39, 0.29) is 11.5 Å². The summed E-state index contributed by atoms with van der Waals surface area (Å²) in [7, 11) is 0. The lowest BCUT2D eigenvalue weighted by Crippen LogP contribution is -2.41. The number of hydrogen-bond donors (Lipinski definition) is 3. The zero-order valence-electron chi connectivity index (χ0n) is 14.7. The van der Waals surface area contributed by atoms with E-state index >= 15 is 0 Å². The molecule has 7 nitrogen and oxygen atoms in total. The quantitative estimate of drug-likeness (QED) is 0.496. The summed E-state index contributed by atoms with van der Waals surface area (Å²) < 4.78 is 39.4. The summed E-state index contributed by atoms with van der Waals surface area (Å²) in [5.41, 5.74) is -1.81. The molecule has 0 fully saturated rings. The smallest absolute Gasteiger partial charge is 0.417 e. The molecular formula is C17H18F3NO6S. The molecule has 0 saturated carbocycles. The number of aliphatic carboxylic acids is 2. The van der Waals surface area contributed by atoms with Gasteiger partial charge in [-0.15, -0.1) is 0 Å². The van der Waals surface area contributed by atoms with E-state index < -0.39 is 59.3 Å². The molecule has 2 atom stereocenters. The van der Waals surface area contributed by atoms with Crippen molar-refractivity contribution in [2.75, 3.05) is 11.5 Å². The van der Waals surface area contributed by atoms with Crippen molar-refractivity contribution in [3.05, 3.63) is 35.4 Å². The average Bonchev–Trinajstić information content (AvgIpc) is 2.57. The van der Waals surface area contributed by atoms with Gasteiger partial charge < -0.3 is 15.5 Å². The Kier molecular flexibility index (Phi) is 8.48. The maximum Gasteiger partial charge on any atom is 0.417 e. The molecule has 0 aromatic heterocycles. The maximum atomic E-state index is 13.1. The highest BCUT2D eigenvalue weighted by atomic mass is 32.2. The van der Waals surface area contributed by atoms with Crippen LogP contribution >= 0.6 is 11.8 Å². The zero-order valence-corrected chi connectivity index (χ0v) is 15.5. The first-order chi connectivity index (χ1) is 12.9. The van der Waals surface area contributed by atoms with E-state index in [9.17, 15) is 32.3 Å². The molecule has 28 heavy (non-hydrogen) atoms. The van der Waals surface area contributed by atoms with Gasteiger partial charge in [-0.05, 0) is 6.07 Å². The third kappa shape index (κ3) is 7.22. The van der Waals surface area contributed by atoms with E-state index in [1.165, 1.54) is 6.07 Å². The molecule has 154 valence electrons. The Hall–Kier alpha value is -2.56.